The van der Waals surface area contributed by atoms with Crippen molar-refractivity contribution in [2.75, 3.05) is 26.1 Å². The van der Waals surface area contributed by atoms with Crippen molar-refractivity contribution in [3.8, 4) is 17.2 Å². The first kappa shape index (κ1) is 17.1. The fourth-order valence-electron chi connectivity index (χ4n) is 2.38. The number of anilines is 1. The second-order valence-electron chi connectivity index (χ2n) is 5.29. The molecule has 5 nitrogen and oxygen atoms in total. The summed E-state index contributed by atoms with van der Waals surface area (Å²) < 4.78 is 17.3. The lowest BCUT2D eigenvalue weighted by atomic mass is 10.2. The highest BCUT2D eigenvalue weighted by Gasteiger charge is 2.08. The molecule has 6 heteroatoms. The number of methoxy groups -OCH3 is 2. The Morgan fingerprint density at radius 3 is 2.76 bits per heavy atom. The molecular formula is C19H20N2O3S. The van der Waals surface area contributed by atoms with Gasteiger partial charge in [-0.05, 0) is 35.9 Å². The molecular weight excluding hydrogens is 336 g/mol. The molecule has 1 aromatic heterocycles. The molecule has 1 N–H and O–H groups in total. The monoisotopic (exact) mass is 356 g/mol. The van der Waals surface area contributed by atoms with Crippen LogP contribution in [0.1, 0.15) is 5.56 Å². The second-order valence-corrected chi connectivity index (χ2v) is 6.32. The first-order valence-electron chi connectivity index (χ1n) is 7.82. The van der Waals surface area contributed by atoms with Crippen LogP contribution in [0, 0.1) is 0 Å². The Kier molecular flexibility index (Phi) is 5.40. The van der Waals surface area contributed by atoms with Gasteiger partial charge in [-0.1, -0.05) is 30.1 Å². The largest absolute Gasteiger partial charge is 0.497 e. The minimum Gasteiger partial charge on any atom is -0.497 e. The molecule has 0 amide bonds. The summed E-state index contributed by atoms with van der Waals surface area (Å²) in [5.74, 6) is 2.25. The van der Waals surface area contributed by atoms with E-state index >= 15 is 0 Å². The third kappa shape index (κ3) is 4.03. The number of benzene rings is 2. The minimum atomic E-state index is 0.448. The van der Waals surface area contributed by atoms with E-state index in [-0.39, 0.29) is 0 Å². The molecule has 3 aromatic rings. The van der Waals surface area contributed by atoms with Gasteiger partial charge in [-0.15, -0.1) is 0 Å². The maximum Gasteiger partial charge on any atom is 0.184 e. The van der Waals surface area contributed by atoms with Gasteiger partial charge in [0.15, 0.2) is 16.6 Å². The van der Waals surface area contributed by atoms with Crippen molar-refractivity contribution in [1.82, 2.24) is 4.98 Å². The van der Waals surface area contributed by atoms with Crippen molar-refractivity contribution in [1.29, 1.82) is 0 Å². The number of rotatable bonds is 8. The van der Waals surface area contributed by atoms with Crippen LogP contribution < -0.4 is 19.5 Å². The van der Waals surface area contributed by atoms with Crippen molar-refractivity contribution in [3.63, 3.8) is 0 Å². The fourth-order valence-corrected chi connectivity index (χ4v) is 3.27. The quantitative estimate of drug-likeness (QED) is 0.603. The second kappa shape index (κ2) is 7.90. The number of ether oxygens (including phenoxy) is 3. The molecule has 1 heterocycles. The molecule has 0 aliphatic rings. The third-order valence-electron chi connectivity index (χ3n) is 3.62. The standard InChI is InChI=1S/C19H20N2O3S/c1-4-9-24-16-8-5-13(10-17(16)23-3)12-20-19-21-15-7-6-14(22-2)11-18(15)25-19/h4-8,10-11H,1,9,12H2,2-3H3,(H,20,21). The number of hydrogen-bond acceptors (Lipinski definition) is 6. The molecule has 3 rings (SSSR count). The van der Waals surface area contributed by atoms with Gasteiger partial charge >= 0.3 is 0 Å². The van der Waals surface area contributed by atoms with Crippen LogP contribution in [0.4, 0.5) is 5.13 Å². The van der Waals surface area contributed by atoms with Crippen LogP contribution in [0.3, 0.4) is 0 Å². The average Bonchev–Trinajstić information content (AvgIpc) is 3.06. The summed E-state index contributed by atoms with van der Waals surface area (Å²) >= 11 is 1.60. The Labute approximate surface area is 150 Å². The lowest BCUT2D eigenvalue weighted by molar-refractivity contribution is 0.326. The Morgan fingerprint density at radius 2 is 2.00 bits per heavy atom. The Bertz CT molecular complexity index is 876. The number of hydrogen-bond donors (Lipinski definition) is 1. The van der Waals surface area contributed by atoms with E-state index in [2.05, 4.69) is 16.9 Å². The molecule has 0 bridgehead atoms. The SMILES string of the molecule is C=CCOc1ccc(CNc2nc3ccc(OC)cc3s2)cc1OC. The zero-order valence-corrected chi connectivity index (χ0v) is 15.1. The van der Waals surface area contributed by atoms with Crippen molar-refractivity contribution in [2.45, 2.75) is 6.54 Å². The van der Waals surface area contributed by atoms with Gasteiger partial charge in [-0.2, -0.15) is 0 Å². The van der Waals surface area contributed by atoms with E-state index in [4.69, 9.17) is 14.2 Å². The minimum absolute atomic E-state index is 0.448. The lowest BCUT2D eigenvalue weighted by Crippen LogP contribution is -2.01. The van der Waals surface area contributed by atoms with E-state index < -0.39 is 0 Å². The number of nitrogens with zero attached hydrogens (tertiary/aromatic N) is 1. The summed E-state index contributed by atoms with van der Waals surface area (Å²) in [5, 5.41) is 4.23. The zero-order chi connectivity index (χ0) is 17.6. The average molecular weight is 356 g/mol. The summed E-state index contributed by atoms with van der Waals surface area (Å²) in [5.41, 5.74) is 2.04. The smallest absolute Gasteiger partial charge is 0.184 e. The Balaban J connectivity index is 1.71. The van der Waals surface area contributed by atoms with Crippen LogP contribution in [0.5, 0.6) is 17.2 Å². The van der Waals surface area contributed by atoms with Gasteiger partial charge < -0.3 is 19.5 Å². The summed E-state index contributed by atoms with van der Waals surface area (Å²) in [6, 6.07) is 11.7. The normalized spacial score (nSPS) is 10.5. The highest BCUT2D eigenvalue weighted by Crippen LogP contribution is 2.31. The van der Waals surface area contributed by atoms with Crippen LogP contribution >= 0.6 is 11.3 Å². The highest BCUT2D eigenvalue weighted by molar-refractivity contribution is 7.22. The highest BCUT2D eigenvalue weighted by atomic mass is 32.1. The third-order valence-corrected chi connectivity index (χ3v) is 4.60. The van der Waals surface area contributed by atoms with E-state index in [1.807, 2.05) is 36.4 Å². The van der Waals surface area contributed by atoms with E-state index in [0.29, 0.717) is 24.7 Å². The first-order valence-corrected chi connectivity index (χ1v) is 8.64. The molecule has 0 atom stereocenters. The van der Waals surface area contributed by atoms with Crippen LogP contribution in [-0.2, 0) is 6.54 Å². The molecule has 0 saturated heterocycles. The molecule has 0 spiro atoms. The molecule has 25 heavy (non-hydrogen) atoms. The number of aromatic nitrogens is 1. The van der Waals surface area contributed by atoms with Gasteiger partial charge in [-0.25, -0.2) is 4.98 Å². The summed E-state index contributed by atoms with van der Waals surface area (Å²) in [4.78, 5) is 4.59. The van der Waals surface area contributed by atoms with Crippen LogP contribution in [0.25, 0.3) is 10.2 Å². The van der Waals surface area contributed by atoms with Gasteiger partial charge in [0.2, 0.25) is 0 Å². The molecule has 0 aliphatic heterocycles. The molecule has 130 valence electrons. The Morgan fingerprint density at radius 1 is 1.12 bits per heavy atom. The zero-order valence-electron chi connectivity index (χ0n) is 14.2. The molecule has 0 aliphatic carbocycles. The van der Waals surface area contributed by atoms with Gasteiger partial charge in [0.1, 0.15) is 12.4 Å². The molecule has 2 aromatic carbocycles. The molecule has 0 unspecified atom stereocenters. The van der Waals surface area contributed by atoms with Crippen LogP contribution in [0.2, 0.25) is 0 Å². The van der Waals surface area contributed by atoms with E-state index in [9.17, 15) is 0 Å². The van der Waals surface area contributed by atoms with Crippen molar-refractivity contribution in [3.05, 3.63) is 54.6 Å². The predicted octanol–water partition coefficient (Wildman–Crippen LogP) is 4.49. The van der Waals surface area contributed by atoms with E-state index in [0.717, 1.165) is 26.7 Å². The first-order chi connectivity index (χ1) is 12.2. The summed E-state index contributed by atoms with van der Waals surface area (Å²) in [6.07, 6.45) is 1.71. The lowest BCUT2D eigenvalue weighted by Gasteiger charge is -2.11. The van der Waals surface area contributed by atoms with E-state index in [1.165, 1.54) is 0 Å². The summed E-state index contributed by atoms with van der Waals surface area (Å²) in [7, 11) is 3.30. The molecule has 0 radical (unpaired) electrons. The van der Waals surface area contributed by atoms with Crippen LogP contribution in [0.15, 0.2) is 49.1 Å². The van der Waals surface area contributed by atoms with Gasteiger partial charge in [0.05, 0.1) is 24.4 Å². The summed E-state index contributed by atoms with van der Waals surface area (Å²) in [6.45, 7) is 4.75. The van der Waals surface area contributed by atoms with E-state index in [1.54, 1.807) is 31.6 Å². The number of nitrogens with one attached hydrogen (secondary N) is 1. The van der Waals surface area contributed by atoms with Gasteiger partial charge in [0, 0.05) is 6.54 Å². The van der Waals surface area contributed by atoms with Gasteiger partial charge in [0.25, 0.3) is 0 Å². The van der Waals surface area contributed by atoms with Crippen molar-refractivity contribution < 1.29 is 14.2 Å². The van der Waals surface area contributed by atoms with Gasteiger partial charge in [-0.3, -0.25) is 0 Å². The fraction of sp³-hybridized carbons (Fsp3) is 0.211. The van der Waals surface area contributed by atoms with Crippen molar-refractivity contribution in [2.24, 2.45) is 0 Å². The Hall–Kier alpha value is -2.73. The van der Waals surface area contributed by atoms with Crippen molar-refractivity contribution >= 4 is 26.7 Å². The molecule has 0 saturated carbocycles. The maximum absolute atomic E-state index is 5.57. The maximum atomic E-state index is 5.57. The topological polar surface area (TPSA) is 52.6 Å². The number of fused-ring (bicyclic) bond motifs is 1. The number of thiazole rings is 1. The molecule has 0 fully saturated rings. The predicted molar refractivity (Wildman–Crippen MR) is 102 cm³/mol. The van der Waals surface area contributed by atoms with Crippen LogP contribution in [-0.4, -0.2) is 25.8 Å².